The van der Waals surface area contributed by atoms with E-state index in [0.29, 0.717) is 42.6 Å². The van der Waals surface area contributed by atoms with Gasteiger partial charge in [-0.2, -0.15) is 5.10 Å². The molecule has 0 aromatic heterocycles. The van der Waals surface area contributed by atoms with E-state index >= 15 is 0 Å². The lowest BCUT2D eigenvalue weighted by atomic mass is 9.98. The Bertz CT molecular complexity index is 823. The average molecular weight is 399 g/mol. The molecule has 7 nitrogen and oxygen atoms in total. The molecule has 2 aromatic rings. The second kappa shape index (κ2) is 11.6. The zero-order chi connectivity index (χ0) is 21.1. The topological polar surface area (TPSA) is 95.2 Å². The number of ether oxygens (including phenoxy) is 3. The highest BCUT2D eigenvalue weighted by Gasteiger charge is 2.11. The van der Waals surface area contributed by atoms with Crippen LogP contribution in [-0.2, 0) is 0 Å². The highest BCUT2D eigenvalue weighted by Crippen LogP contribution is 2.31. The maximum atomic E-state index is 10.8. The van der Waals surface area contributed by atoms with Crippen LogP contribution in [-0.4, -0.2) is 32.6 Å². The Morgan fingerprint density at radius 1 is 1.14 bits per heavy atom. The van der Waals surface area contributed by atoms with Gasteiger partial charge < -0.3 is 19.9 Å². The maximum absolute atomic E-state index is 10.8. The van der Waals surface area contributed by atoms with Crippen LogP contribution in [0, 0.1) is 0 Å². The molecule has 1 atom stereocenters. The van der Waals surface area contributed by atoms with Crippen LogP contribution >= 0.6 is 0 Å². The molecular formula is C22H29N3O4. The van der Waals surface area contributed by atoms with Crippen molar-refractivity contribution >= 4 is 12.2 Å². The number of carbonyl (C=O) groups excluding carboxylic acids is 1. The van der Waals surface area contributed by atoms with E-state index in [1.54, 1.807) is 13.2 Å². The summed E-state index contributed by atoms with van der Waals surface area (Å²) in [5, 5.41) is 3.79. The van der Waals surface area contributed by atoms with Crippen LogP contribution in [0.15, 0.2) is 47.6 Å². The molecule has 2 aromatic carbocycles. The molecule has 0 aliphatic carbocycles. The molecule has 2 rings (SSSR count). The largest absolute Gasteiger partial charge is 0.493 e. The number of urea groups is 1. The third-order valence-electron chi connectivity index (χ3n) is 4.46. The van der Waals surface area contributed by atoms with Crippen LogP contribution in [0.2, 0.25) is 0 Å². The van der Waals surface area contributed by atoms with Gasteiger partial charge in [0.2, 0.25) is 0 Å². The summed E-state index contributed by atoms with van der Waals surface area (Å²) in [5.74, 6) is 2.50. The van der Waals surface area contributed by atoms with Crippen molar-refractivity contribution in [2.24, 2.45) is 10.8 Å². The van der Waals surface area contributed by atoms with Crippen molar-refractivity contribution < 1.29 is 19.0 Å². The van der Waals surface area contributed by atoms with Gasteiger partial charge in [-0.15, -0.1) is 0 Å². The van der Waals surface area contributed by atoms with E-state index in [2.05, 4.69) is 30.4 Å². The first kappa shape index (κ1) is 22.1. The van der Waals surface area contributed by atoms with Gasteiger partial charge in [0.15, 0.2) is 11.5 Å². The first-order valence-corrected chi connectivity index (χ1v) is 9.66. The first-order valence-electron chi connectivity index (χ1n) is 9.66. The normalized spacial score (nSPS) is 11.8. The number of benzene rings is 2. The number of nitrogens with one attached hydrogen (secondary N) is 1. The maximum Gasteiger partial charge on any atom is 0.332 e. The predicted molar refractivity (Wildman–Crippen MR) is 114 cm³/mol. The minimum Gasteiger partial charge on any atom is -0.493 e. The number of hydrogen-bond donors (Lipinski definition) is 2. The van der Waals surface area contributed by atoms with Gasteiger partial charge in [-0.1, -0.05) is 38.1 Å². The number of hydrazone groups is 1. The van der Waals surface area contributed by atoms with Gasteiger partial charge in [0, 0.05) is 12.0 Å². The zero-order valence-electron chi connectivity index (χ0n) is 17.2. The van der Waals surface area contributed by atoms with Crippen LogP contribution in [0.5, 0.6) is 17.2 Å². The van der Waals surface area contributed by atoms with Gasteiger partial charge in [0.25, 0.3) is 0 Å². The highest BCUT2D eigenvalue weighted by atomic mass is 16.5. The minimum atomic E-state index is -0.735. The number of hydrogen-bond acceptors (Lipinski definition) is 5. The van der Waals surface area contributed by atoms with Gasteiger partial charge in [0.05, 0.1) is 26.5 Å². The monoisotopic (exact) mass is 399 g/mol. The molecule has 0 aliphatic rings. The second-order valence-electron chi connectivity index (χ2n) is 6.51. The molecule has 29 heavy (non-hydrogen) atoms. The molecule has 0 heterocycles. The van der Waals surface area contributed by atoms with Crippen molar-refractivity contribution in [2.75, 3.05) is 20.3 Å². The van der Waals surface area contributed by atoms with E-state index < -0.39 is 6.03 Å². The van der Waals surface area contributed by atoms with E-state index in [-0.39, 0.29) is 0 Å². The van der Waals surface area contributed by atoms with E-state index in [4.69, 9.17) is 19.9 Å². The lowest BCUT2D eigenvalue weighted by Crippen LogP contribution is -2.24. The minimum absolute atomic E-state index is 0.440. The Morgan fingerprint density at radius 2 is 1.86 bits per heavy atom. The number of para-hydroxylation sites is 2. The van der Waals surface area contributed by atoms with Gasteiger partial charge in [-0.05, 0) is 36.1 Å². The van der Waals surface area contributed by atoms with Crippen LogP contribution in [0.3, 0.4) is 0 Å². The molecule has 1 unspecified atom stereocenters. The molecule has 0 radical (unpaired) electrons. The molecule has 2 amide bonds. The molecule has 0 spiro atoms. The van der Waals surface area contributed by atoms with Crippen LogP contribution in [0.25, 0.3) is 0 Å². The quantitative estimate of drug-likeness (QED) is 0.338. The summed E-state index contributed by atoms with van der Waals surface area (Å²) in [7, 11) is 1.57. The number of nitrogens with two attached hydrogens (primary N) is 1. The van der Waals surface area contributed by atoms with E-state index in [0.717, 1.165) is 12.2 Å². The van der Waals surface area contributed by atoms with Crippen LogP contribution in [0.4, 0.5) is 4.79 Å². The van der Waals surface area contributed by atoms with Gasteiger partial charge in [-0.25, -0.2) is 10.2 Å². The molecule has 3 N–H and O–H groups in total. The Labute approximate surface area is 171 Å². The van der Waals surface area contributed by atoms with Crippen molar-refractivity contribution in [1.82, 2.24) is 5.43 Å². The number of nitrogens with zero attached hydrogens (tertiary/aromatic N) is 1. The number of carbonyl (C=O) groups is 1. The highest BCUT2D eigenvalue weighted by molar-refractivity contribution is 5.86. The summed E-state index contributed by atoms with van der Waals surface area (Å²) in [6, 6.07) is 12.8. The molecule has 0 saturated heterocycles. The lowest BCUT2D eigenvalue weighted by molar-refractivity contribution is 0.238. The molecular weight excluding hydrogens is 370 g/mol. The Balaban J connectivity index is 1.94. The smallest absolute Gasteiger partial charge is 0.332 e. The summed E-state index contributed by atoms with van der Waals surface area (Å²) in [5.41, 5.74) is 9.07. The van der Waals surface area contributed by atoms with E-state index in [1.165, 1.54) is 11.8 Å². The fourth-order valence-corrected chi connectivity index (χ4v) is 2.77. The van der Waals surface area contributed by atoms with Crippen LogP contribution in [0.1, 0.15) is 43.7 Å². The van der Waals surface area contributed by atoms with Gasteiger partial charge >= 0.3 is 6.03 Å². The lowest BCUT2D eigenvalue weighted by Gasteiger charge is -2.16. The number of primary amides is 1. The standard InChI is InChI=1S/C22H29N3O4/c1-4-16(2)18-10-5-6-11-19(18)28-13-8-14-29-21-17(15-24-25-22(23)26)9-7-12-20(21)27-3/h5-7,9-12,15-16H,4,8,13-14H2,1-3H3,(H3,23,25,26)/b24-15+. The predicted octanol–water partition coefficient (Wildman–Crippen LogP) is 4.06. The summed E-state index contributed by atoms with van der Waals surface area (Å²) < 4.78 is 17.3. The second-order valence-corrected chi connectivity index (χ2v) is 6.51. The fraction of sp³-hybridized carbons (Fsp3) is 0.364. The molecule has 156 valence electrons. The SMILES string of the molecule is CCC(C)c1ccccc1OCCCOc1c(/C=N/NC(N)=O)cccc1OC. The Morgan fingerprint density at radius 3 is 2.59 bits per heavy atom. The Kier molecular flexibility index (Phi) is 8.82. The van der Waals surface area contributed by atoms with Crippen LogP contribution < -0.4 is 25.4 Å². The molecule has 7 heteroatoms. The van der Waals surface area contributed by atoms with Gasteiger partial charge in [0.1, 0.15) is 5.75 Å². The summed E-state index contributed by atoms with van der Waals surface area (Å²) in [4.78, 5) is 10.8. The Hall–Kier alpha value is -3.22. The molecule has 0 aliphatic heterocycles. The number of amides is 2. The van der Waals surface area contributed by atoms with Crippen molar-refractivity contribution in [2.45, 2.75) is 32.6 Å². The summed E-state index contributed by atoms with van der Waals surface area (Å²) >= 11 is 0. The molecule has 0 fully saturated rings. The number of rotatable bonds is 11. The zero-order valence-corrected chi connectivity index (χ0v) is 17.2. The first-order chi connectivity index (χ1) is 14.1. The van der Waals surface area contributed by atoms with Crippen molar-refractivity contribution in [3.8, 4) is 17.2 Å². The summed E-state index contributed by atoms with van der Waals surface area (Å²) in [6.07, 6.45) is 3.22. The fourth-order valence-electron chi connectivity index (χ4n) is 2.77. The number of methoxy groups -OCH3 is 1. The average Bonchev–Trinajstić information content (AvgIpc) is 2.73. The molecule has 0 bridgehead atoms. The van der Waals surface area contributed by atoms with Gasteiger partial charge in [-0.3, -0.25) is 0 Å². The van der Waals surface area contributed by atoms with E-state index in [1.807, 2.05) is 30.3 Å². The van der Waals surface area contributed by atoms with Crippen molar-refractivity contribution in [3.05, 3.63) is 53.6 Å². The van der Waals surface area contributed by atoms with Crippen molar-refractivity contribution in [3.63, 3.8) is 0 Å². The molecule has 0 saturated carbocycles. The summed E-state index contributed by atoms with van der Waals surface area (Å²) in [6.45, 7) is 5.34. The van der Waals surface area contributed by atoms with E-state index in [9.17, 15) is 4.79 Å². The third-order valence-corrected chi connectivity index (χ3v) is 4.46. The van der Waals surface area contributed by atoms with Crippen molar-refractivity contribution in [1.29, 1.82) is 0 Å². The third kappa shape index (κ3) is 6.71.